The molecule has 0 atom stereocenters. The molecule has 1 rings (SSSR count). The standard InChI is InChI=1S/C14H19/c1-2-4-6-8-10-12-14-13-11-9-7-5-3-1/h1-4,8,13-14H,5,7,9-12H2. The first kappa shape index (κ1) is 11.0. The molecule has 0 fully saturated rings. The molecule has 0 nitrogen and oxygen atoms in total. The van der Waals surface area contributed by atoms with Crippen molar-refractivity contribution in [2.24, 2.45) is 0 Å². The number of rotatable bonds is 0. The van der Waals surface area contributed by atoms with E-state index in [-0.39, 0.29) is 0 Å². The Balaban J connectivity index is 2.35. The summed E-state index contributed by atoms with van der Waals surface area (Å²) in [6.45, 7) is 0. The summed E-state index contributed by atoms with van der Waals surface area (Å²) in [5.41, 5.74) is 0. The lowest BCUT2D eigenvalue weighted by Crippen LogP contribution is -1.73. The molecule has 0 saturated heterocycles. The Labute approximate surface area is 87.7 Å². The quantitative estimate of drug-likeness (QED) is 0.494. The van der Waals surface area contributed by atoms with E-state index < -0.39 is 0 Å². The van der Waals surface area contributed by atoms with Crippen molar-refractivity contribution in [1.29, 1.82) is 0 Å². The molecule has 14 heavy (non-hydrogen) atoms. The Morgan fingerprint density at radius 3 is 2.43 bits per heavy atom. The average molecular weight is 187 g/mol. The molecule has 0 bridgehead atoms. The molecule has 0 N–H and O–H groups in total. The second kappa shape index (κ2) is 8.55. The first-order valence-electron chi connectivity index (χ1n) is 5.54. The molecule has 1 aliphatic rings. The second-order valence-electron chi connectivity index (χ2n) is 3.49. The van der Waals surface area contributed by atoms with Gasteiger partial charge in [0.05, 0.1) is 0 Å². The summed E-state index contributed by atoms with van der Waals surface area (Å²) in [7, 11) is 0. The normalized spacial score (nSPS) is 19.4. The highest BCUT2D eigenvalue weighted by Gasteiger charge is 1.83. The van der Waals surface area contributed by atoms with E-state index in [1.54, 1.807) is 0 Å². The molecule has 0 heteroatoms. The molecular formula is C14H19. The SMILES string of the molecule is [C]1=CCCC=CCCCCC=CC=C1. The lowest BCUT2D eigenvalue weighted by Gasteiger charge is -1.93. The number of hydrogen-bond donors (Lipinski definition) is 0. The summed E-state index contributed by atoms with van der Waals surface area (Å²) in [5, 5.41) is 0. The van der Waals surface area contributed by atoms with Gasteiger partial charge in [-0.2, -0.15) is 0 Å². The molecule has 0 heterocycles. The van der Waals surface area contributed by atoms with Gasteiger partial charge in [0.15, 0.2) is 0 Å². The molecule has 0 aliphatic heterocycles. The molecule has 75 valence electrons. The maximum Gasteiger partial charge on any atom is -0.0227 e. The van der Waals surface area contributed by atoms with Crippen LogP contribution in [0.25, 0.3) is 0 Å². The van der Waals surface area contributed by atoms with Crippen LogP contribution in [-0.4, -0.2) is 0 Å². The largest absolute Gasteiger partial charge is 0.0885 e. The third-order valence-corrected chi connectivity index (χ3v) is 2.19. The van der Waals surface area contributed by atoms with Crippen molar-refractivity contribution in [2.45, 2.75) is 38.5 Å². The molecule has 0 amide bonds. The molecule has 1 radical (unpaired) electrons. The Bertz CT molecular complexity index is 228. The Morgan fingerprint density at radius 1 is 0.714 bits per heavy atom. The fraction of sp³-hybridized carbons (Fsp3) is 0.429. The van der Waals surface area contributed by atoms with E-state index in [9.17, 15) is 0 Å². The van der Waals surface area contributed by atoms with Crippen molar-refractivity contribution in [2.75, 3.05) is 0 Å². The summed E-state index contributed by atoms with van der Waals surface area (Å²) in [4.78, 5) is 0. The Morgan fingerprint density at radius 2 is 1.50 bits per heavy atom. The second-order valence-corrected chi connectivity index (χ2v) is 3.49. The lowest BCUT2D eigenvalue weighted by molar-refractivity contribution is 0.760. The highest BCUT2D eigenvalue weighted by Crippen LogP contribution is 2.03. The molecule has 0 unspecified atom stereocenters. The monoisotopic (exact) mass is 187 g/mol. The molecule has 0 spiro atoms. The zero-order valence-electron chi connectivity index (χ0n) is 8.78. The minimum Gasteiger partial charge on any atom is -0.0885 e. The first-order chi connectivity index (χ1) is 7.00. The van der Waals surface area contributed by atoms with Crippen LogP contribution in [0.5, 0.6) is 0 Å². The molecule has 1 aliphatic carbocycles. The van der Waals surface area contributed by atoms with Crippen molar-refractivity contribution in [3.05, 3.63) is 48.6 Å². The molecule has 0 saturated carbocycles. The maximum atomic E-state index is 3.15. The van der Waals surface area contributed by atoms with E-state index in [1.807, 2.05) is 6.08 Å². The van der Waals surface area contributed by atoms with E-state index >= 15 is 0 Å². The lowest BCUT2D eigenvalue weighted by atomic mass is 10.1. The summed E-state index contributed by atoms with van der Waals surface area (Å²) in [6, 6.07) is 0. The van der Waals surface area contributed by atoms with E-state index in [0.29, 0.717) is 0 Å². The van der Waals surface area contributed by atoms with Gasteiger partial charge in [0, 0.05) is 0 Å². The zero-order valence-corrected chi connectivity index (χ0v) is 8.78. The van der Waals surface area contributed by atoms with Crippen LogP contribution in [0.2, 0.25) is 0 Å². The highest BCUT2D eigenvalue weighted by atomic mass is 13.9. The summed E-state index contributed by atoms with van der Waals surface area (Å²) >= 11 is 0. The van der Waals surface area contributed by atoms with Crippen molar-refractivity contribution < 1.29 is 0 Å². The van der Waals surface area contributed by atoms with Gasteiger partial charge in [-0.25, -0.2) is 0 Å². The minimum atomic E-state index is 1.10. The van der Waals surface area contributed by atoms with Crippen LogP contribution in [0.3, 0.4) is 0 Å². The van der Waals surface area contributed by atoms with Crippen LogP contribution in [0.1, 0.15) is 38.5 Å². The van der Waals surface area contributed by atoms with Gasteiger partial charge >= 0.3 is 0 Å². The van der Waals surface area contributed by atoms with E-state index in [4.69, 9.17) is 0 Å². The first-order valence-corrected chi connectivity index (χ1v) is 5.54. The third kappa shape index (κ3) is 6.47. The maximum absolute atomic E-state index is 3.15. The molecule has 0 aromatic carbocycles. The summed E-state index contributed by atoms with van der Waals surface area (Å²) < 4.78 is 0. The predicted molar refractivity (Wildman–Crippen MR) is 62.9 cm³/mol. The van der Waals surface area contributed by atoms with Gasteiger partial charge in [-0.1, -0.05) is 42.5 Å². The van der Waals surface area contributed by atoms with E-state index in [0.717, 1.165) is 12.8 Å². The van der Waals surface area contributed by atoms with Gasteiger partial charge < -0.3 is 0 Å². The van der Waals surface area contributed by atoms with Gasteiger partial charge in [0.1, 0.15) is 0 Å². The van der Waals surface area contributed by atoms with Crippen molar-refractivity contribution in [3.8, 4) is 0 Å². The number of allylic oxidation sites excluding steroid dienone is 8. The summed E-state index contributed by atoms with van der Waals surface area (Å²) in [5.74, 6) is 0. The van der Waals surface area contributed by atoms with Crippen LogP contribution in [0.4, 0.5) is 0 Å². The zero-order chi connectivity index (χ0) is 9.90. The van der Waals surface area contributed by atoms with Gasteiger partial charge in [-0.3, -0.25) is 0 Å². The van der Waals surface area contributed by atoms with Crippen LogP contribution in [0, 0.1) is 6.08 Å². The summed E-state index contributed by atoms with van der Waals surface area (Å²) in [6.07, 6.45) is 25.5. The van der Waals surface area contributed by atoms with E-state index in [1.165, 1.54) is 25.7 Å². The predicted octanol–water partition coefficient (Wildman–Crippen LogP) is 4.37. The highest BCUT2D eigenvalue weighted by molar-refractivity contribution is 5.07. The van der Waals surface area contributed by atoms with Crippen LogP contribution < -0.4 is 0 Å². The smallest absolute Gasteiger partial charge is 0.0227 e. The van der Waals surface area contributed by atoms with Gasteiger partial charge in [0.25, 0.3) is 0 Å². The molecule has 0 aromatic rings. The Hall–Kier alpha value is -1.04. The molecule has 0 aromatic heterocycles. The van der Waals surface area contributed by atoms with Gasteiger partial charge in [-0.05, 0) is 44.6 Å². The third-order valence-electron chi connectivity index (χ3n) is 2.19. The van der Waals surface area contributed by atoms with Crippen molar-refractivity contribution >= 4 is 0 Å². The van der Waals surface area contributed by atoms with Crippen molar-refractivity contribution in [3.63, 3.8) is 0 Å². The molecular weight excluding hydrogens is 168 g/mol. The Kier molecular flexibility index (Phi) is 6.74. The number of hydrogen-bond acceptors (Lipinski definition) is 0. The fourth-order valence-electron chi connectivity index (χ4n) is 1.38. The van der Waals surface area contributed by atoms with Gasteiger partial charge in [-0.15, -0.1) is 0 Å². The van der Waals surface area contributed by atoms with E-state index in [2.05, 4.69) is 42.5 Å². The van der Waals surface area contributed by atoms with Crippen LogP contribution in [-0.2, 0) is 0 Å². The van der Waals surface area contributed by atoms with Gasteiger partial charge in [0.2, 0.25) is 0 Å². The fourth-order valence-corrected chi connectivity index (χ4v) is 1.38. The van der Waals surface area contributed by atoms with Crippen molar-refractivity contribution in [1.82, 2.24) is 0 Å². The minimum absolute atomic E-state index is 1.10. The van der Waals surface area contributed by atoms with Crippen LogP contribution in [0.15, 0.2) is 42.5 Å². The van der Waals surface area contributed by atoms with Crippen LogP contribution >= 0.6 is 0 Å². The topological polar surface area (TPSA) is 0 Å². The average Bonchev–Trinajstić information content (AvgIpc) is 2.22.